The molecule has 1 fully saturated rings. The monoisotopic (exact) mass is 198 g/mol. The number of benzene rings is 1. The van der Waals surface area contributed by atoms with Gasteiger partial charge in [-0.2, -0.15) is 10.5 Å². The van der Waals surface area contributed by atoms with Gasteiger partial charge in [-0.3, -0.25) is 0 Å². The highest BCUT2D eigenvalue weighted by molar-refractivity contribution is 5.45. The van der Waals surface area contributed by atoms with Crippen molar-refractivity contribution in [3.63, 3.8) is 0 Å². The summed E-state index contributed by atoms with van der Waals surface area (Å²) in [6.07, 6.45) is 0. The first-order chi connectivity index (χ1) is 7.08. The summed E-state index contributed by atoms with van der Waals surface area (Å²) >= 11 is 0. The molecule has 0 radical (unpaired) electrons. The van der Waals surface area contributed by atoms with Crippen LogP contribution in [0.15, 0.2) is 24.3 Å². The van der Waals surface area contributed by atoms with Crippen molar-refractivity contribution in [1.29, 1.82) is 10.5 Å². The molecule has 1 aliphatic heterocycles. The van der Waals surface area contributed by atoms with E-state index in [1.165, 1.54) is 0 Å². The Balaban J connectivity index is 2.40. The van der Waals surface area contributed by atoms with Crippen LogP contribution in [0, 0.1) is 29.6 Å². The highest BCUT2D eigenvalue weighted by Crippen LogP contribution is 2.54. The number of nitrogens with zero attached hydrogens (tertiary/aromatic N) is 2. The average molecular weight is 198 g/mol. The minimum atomic E-state index is -1.30. The maximum atomic E-state index is 8.91. The van der Waals surface area contributed by atoms with Gasteiger partial charge in [0.15, 0.2) is 0 Å². The Morgan fingerprint density at radius 3 is 2.07 bits per heavy atom. The summed E-state index contributed by atoms with van der Waals surface area (Å²) in [5.41, 5.74) is -0.0642. The molecular formula is C12H10N2O. The van der Waals surface area contributed by atoms with Gasteiger partial charge in [0.2, 0.25) is 0 Å². The van der Waals surface area contributed by atoms with E-state index in [4.69, 9.17) is 15.3 Å². The van der Waals surface area contributed by atoms with E-state index < -0.39 is 11.2 Å². The van der Waals surface area contributed by atoms with Gasteiger partial charge in [-0.1, -0.05) is 29.8 Å². The first-order valence-electron chi connectivity index (χ1n) is 4.68. The lowest BCUT2D eigenvalue weighted by Crippen LogP contribution is -2.17. The normalized spacial score (nSPS) is 26.4. The molecule has 0 bridgehead atoms. The SMILES string of the molecule is Cc1ccc(C2(C)OC2(C#N)C#N)cc1. The summed E-state index contributed by atoms with van der Waals surface area (Å²) in [7, 11) is 0. The van der Waals surface area contributed by atoms with Crippen LogP contribution in [0.25, 0.3) is 0 Å². The first-order valence-corrected chi connectivity index (χ1v) is 4.68. The molecule has 0 saturated carbocycles. The van der Waals surface area contributed by atoms with Gasteiger partial charge in [0, 0.05) is 0 Å². The molecular weight excluding hydrogens is 188 g/mol. The van der Waals surface area contributed by atoms with Crippen molar-refractivity contribution in [3.05, 3.63) is 35.4 Å². The number of rotatable bonds is 1. The maximum absolute atomic E-state index is 8.91. The molecule has 1 aromatic carbocycles. The van der Waals surface area contributed by atoms with E-state index in [0.717, 1.165) is 11.1 Å². The van der Waals surface area contributed by atoms with Gasteiger partial charge in [0.05, 0.1) is 0 Å². The summed E-state index contributed by atoms with van der Waals surface area (Å²) in [6.45, 7) is 3.76. The predicted octanol–water partition coefficient (Wildman–Crippen LogP) is 2.03. The molecule has 0 N–H and O–H groups in total. The Bertz CT molecular complexity index is 464. The highest BCUT2D eigenvalue weighted by Gasteiger charge is 2.70. The van der Waals surface area contributed by atoms with Gasteiger partial charge in [-0.15, -0.1) is 0 Å². The summed E-state index contributed by atoms with van der Waals surface area (Å²) in [5.74, 6) is 0. The molecule has 1 unspecified atom stereocenters. The molecule has 1 aliphatic rings. The molecule has 1 heterocycles. The quantitative estimate of drug-likeness (QED) is 0.648. The standard InChI is InChI=1S/C12H10N2O/c1-9-3-5-10(6-4-9)11(2)12(7-13,8-14)15-11/h3-6H,1-2H3. The minimum Gasteiger partial charge on any atom is -0.329 e. The zero-order valence-corrected chi connectivity index (χ0v) is 8.61. The van der Waals surface area contributed by atoms with E-state index in [-0.39, 0.29) is 0 Å². The van der Waals surface area contributed by atoms with Crippen LogP contribution in [-0.4, -0.2) is 5.60 Å². The Morgan fingerprint density at radius 2 is 1.67 bits per heavy atom. The van der Waals surface area contributed by atoms with Crippen LogP contribution in [0.3, 0.4) is 0 Å². The van der Waals surface area contributed by atoms with Crippen molar-refractivity contribution in [2.24, 2.45) is 0 Å². The van der Waals surface area contributed by atoms with E-state index in [1.807, 2.05) is 43.3 Å². The molecule has 0 aromatic heterocycles. The molecule has 1 aromatic rings. The molecule has 0 amide bonds. The summed E-state index contributed by atoms with van der Waals surface area (Å²) < 4.78 is 5.29. The topological polar surface area (TPSA) is 60.1 Å². The number of epoxide rings is 1. The molecule has 74 valence electrons. The minimum absolute atomic E-state index is 0.774. The predicted molar refractivity (Wildman–Crippen MR) is 53.6 cm³/mol. The zero-order valence-electron chi connectivity index (χ0n) is 8.61. The summed E-state index contributed by atoms with van der Waals surface area (Å²) in [5, 5.41) is 17.8. The summed E-state index contributed by atoms with van der Waals surface area (Å²) in [6, 6.07) is 11.5. The second-order valence-electron chi connectivity index (χ2n) is 3.91. The molecule has 1 atom stereocenters. The van der Waals surface area contributed by atoms with Crippen molar-refractivity contribution < 1.29 is 4.74 Å². The molecule has 3 nitrogen and oxygen atoms in total. The van der Waals surface area contributed by atoms with Crippen LogP contribution in [0.4, 0.5) is 0 Å². The van der Waals surface area contributed by atoms with Gasteiger partial charge in [-0.05, 0) is 19.4 Å². The van der Waals surface area contributed by atoms with Gasteiger partial charge in [0.1, 0.15) is 17.7 Å². The number of aryl methyl sites for hydroxylation is 1. The van der Waals surface area contributed by atoms with E-state index in [1.54, 1.807) is 6.92 Å². The Morgan fingerprint density at radius 1 is 1.13 bits per heavy atom. The third kappa shape index (κ3) is 1.14. The largest absolute Gasteiger partial charge is 0.329 e. The lowest BCUT2D eigenvalue weighted by Gasteiger charge is -2.06. The van der Waals surface area contributed by atoms with Crippen molar-refractivity contribution >= 4 is 0 Å². The van der Waals surface area contributed by atoms with Crippen LogP contribution in [0.2, 0.25) is 0 Å². The molecule has 0 aliphatic carbocycles. The Kier molecular flexibility index (Phi) is 1.83. The van der Waals surface area contributed by atoms with Crippen molar-refractivity contribution in [3.8, 4) is 12.1 Å². The van der Waals surface area contributed by atoms with E-state index in [2.05, 4.69) is 0 Å². The first kappa shape index (κ1) is 9.71. The fourth-order valence-electron chi connectivity index (χ4n) is 1.70. The van der Waals surface area contributed by atoms with Crippen molar-refractivity contribution in [2.75, 3.05) is 0 Å². The smallest absolute Gasteiger partial charge is 0.275 e. The van der Waals surface area contributed by atoms with Gasteiger partial charge in [-0.25, -0.2) is 0 Å². The van der Waals surface area contributed by atoms with Crippen LogP contribution in [-0.2, 0) is 10.3 Å². The second kappa shape index (κ2) is 2.82. The zero-order chi connectivity index (χ0) is 11.1. The summed E-state index contributed by atoms with van der Waals surface area (Å²) in [4.78, 5) is 0. The van der Waals surface area contributed by atoms with Crippen LogP contribution < -0.4 is 0 Å². The van der Waals surface area contributed by atoms with Gasteiger partial charge in [0.25, 0.3) is 5.60 Å². The molecule has 3 heteroatoms. The third-order valence-electron chi connectivity index (χ3n) is 2.90. The second-order valence-corrected chi connectivity index (χ2v) is 3.91. The molecule has 0 spiro atoms. The molecule has 15 heavy (non-hydrogen) atoms. The van der Waals surface area contributed by atoms with E-state index in [0.29, 0.717) is 0 Å². The lowest BCUT2D eigenvalue weighted by molar-refractivity contribution is 0.309. The maximum Gasteiger partial charge on any atom is 0.275 e. The van der Waals surface area contributed by atoms with Gasteiger partial charge >= 0.3 is 0 Å². The van der Waals surface area contributed by atoms with Crippen molar-refractivity contribution in [1.82, 2.24) is 0 Å². The van der Waals surface area contributed by atoms with Crippen LogP contribution in [0.5, 0.6) is 0 Å². The fraction of sp³-hybridized carbons (Fsp3) is 0.333. The van der Waals surface area contributed by atoms with E-state index >= 15 is 0 Å². The Hall–Kier alpha value is -1.84. The number of hydrogen-bond acceptors (Lipinski definition) is 3. The Labute approximate surface area is 88.5 Å². The van der Waals surface area contributed by atoms with Gasteiger partial charge < -0.3 is 4.74 Å². The highest BCUT2D eigenvalue weighted by atomic mass is 16.6. The fourth-order valence-corrected chi connectivity index (χ4v) is 1.70. The average Bonchev–Trinajstić information content (AvgIpc) is 2.87. The number of ether oxygens (including phenoxy) is 1. The number of nitriles is 2. The van der Waals surface area contributed by atoms with Crippen LogP contribution in [0.1, 0.15) is 18.1 Å². The van der Waals surface area contributed by atoms with E-state index in [9.17, 15) is 0 Å². The lowest BCUT2D eigenvalue weighted by atomic mass is 9.89. The van der Waals surface area contributed by atoms with Crippen LogP contribution >= 0.6 is 0 Å². The third-order valence-corrected chi connectivity index (χ3v) is 2.90. The number of hydrogen-bond donors (Lipinski definition) is 0. The molecule has 1 saturated heterocycles. The molecule has 2 rings (SSSR count). The van der Waals surface area contributed by atoms with Crippen molar-refractivity contribution in [2.45, 2.75) is 25.0 Å².